The average Bonchev–Trinajstić information content (AvgIpc) is 2.33. The van der Waals surface area contributed by atoms with Crippen LogP contribution in [0.2, 0.25) is 0 Å². The van der Waals surface area contributed by atoms with Crippen molar-refractivity contribution < 1.29 is 4.79 Å². The molecule has 1 rings (SSSR count). The summed E-state index contributed by atoms with van der Waals surface area (Å²) < 4.78 is 0. The third-order valence-corrected chi connectivity index (χ3v) is 3.10. The van der Waals surface area contributed by atoms with E-state index in [4.69, 9.17) is 5.73 Å². The molecule has 0 saturated carbocycles. The second kappa shape index (κ2) is 7.77. The molecule has 1 aromatic rings. The molecule has 1 atom stereocenters. The van der Waals surface area contributed by atoms with Crippen molar-refractivity contribution in [1.82, 2.24) is 10.3 Å². The third-order valence-electron chi connectivity index (χ3n) is 3.10. The molecular weight excluding hydrogens is 238 g/mol. The van der Waals surface area contributed by atoms with Crippen LogP contribution in [0.15, 0.2) is 12.1 Å². The number of carbonyl (C=O) groups excluding carboxylic acids is 1. The van der Waals surface area contributed by atoms with E-state index >= 15 is 0 Å². The number of nitrogens with two attached hydrogens (primary N) is 1. The summed E-state index contributed by atoms with van der Waals surface area (Å²) in [5, 5.41) is 3.01. The van der Waals surface area contributed by atoms with E-state index in [2.05, 4.69) is 17.2 Å². The average molecular weight is 263 g/mol. The number of unbranched alkanes of at least 4 members (excludes halogenated alkanes) is 3. The van der Waals surface area contributed by atoms with Gasteiger partial charge in [0.1, 0.15) is 5.82 Å². The number of nitrogens with zero attached hydrogens (tertiary/aromatic N) is 1. The Morgan fingerprint density at radius 1 is 1.37 bits per heavy atom. The van der Waals surface area contributed by atoms with Crippen molar-refractivity contribution in [3.05, 3.63) is 23.4 Å². The Bertz CT molecular complexity index is 398. The highest BCUT2D eigenvalue weighted by Gasteiger charge is 2.10. The van der Waals surface area contributed by atoms with Crippen LogP contribution in [0.1, 0.15) is 62.0 Å². The van der Waals surface area contributed by atoms with E-state index in [-0.39, 0.29) is 11.9 Å². The molecule has 106 valence electrons. The highest BCUT2D eigenvalue weighted by Crippen LogP contribution is 2.09. The maximum absolute atomic E-state index is 12.1. The Balaban J connectivity index is 2.45. The van der Waals surface area contributed by atoms with Crippen LogP contribution in [-0.4, -0.2) is 16.9 Å². The molecule has 1 heterocycles. The van der Waals surface area contributed by atoms with Crippen molar-refractivity contribution >= 4 is 11.7 Å². The van der Waals surface area contributed by atoms with Gasteiger partial charge in [0.15, 0.2) is 0 Å². The molecule has 19 heavy (non-hydrogen) atoms. The highest BCUT2D eigenvalue weighted by molar-refractivity contribution is 5.95. The van der Waals surface area contributed by atoms with Crippen molar-refractivity contribution in [2.75, 3.05) is 5.73 Å². The van der Waals surface area contributed by atoms with Gasteiger partial charge < -0.3 is 11.1 Å². The minimum absolute atomic E-state index is 0.0693. The first-order valence-corrected chi connectivity index (χ1v) is 7.08. The van der Waals surface area contributed by atoms with Crippen LogP contribution < -0.4 is 11.1 Å². The molecule has 0 aliphatic carbocycles. The van der Waals surface area contributed by atoms with Gasteiger partial charge >= 0.3 is 0 Å². The number of rotatable bonds is 7. The summed E-state index contributed by atoms with van der Waals surface area (Å²) in [6.07, 6.45) is 5.91. The van der Waals surface area contributed by atoms with Crippen LogP contribution in [-0.2, 0) is 0 Å². The zero-order valence-corrected chi connectivity index (χ0v) is 12.2. The Morgan fingerprint density at radius 3 is 2.74 bits per heavy atom. The Hall–Kier alpha value is -1.58. The first-order valence-electron chi connectivity index (χ1n) is 7.08. The van der Waals surface area contributed by atoms with Gasteiger partial charge in [-0.3, -0.25) is 4.79 Å². The van der Waals surface area contributed by atoms with Crippen molar-refractivity contribution in [3.8, 4) is 0 Å². The van der Waals surface area contributed by atoms with Gasteiger partial charge in [-0.05, 0) is 32.4 Å². The number of aromatic nitrogens is 1. The van der Waals surface area contributed by atoms with E-state index in [0.717, 1.165) is 18.5 Å². The van der Waals surface area contributed by atoms with Crippen molar-refractivity contribution in [2.45, 2.75) is 58.9 Å². The van der Waals surface area contributed by atoms with E-state index in [1.807, 2.05) is 13.8 Å². The molecule has 0 aliphatic heterocycles. The molecule has 0 saturated heterocycles. The third kappa shape index (κ3) is 5.73. The Morgan fingerprint density at radius 2 is 2.11 bits per heavy atom. The minimum atomic E-state index is -0.0693. The van der Waals surface area contributed by atoms with E-state index in [1.165, 1.54) is 19.3 Å². The van der Waals surface area contributed by atoms with Gasteiger partial charge in [-0.2, -0.15) is 0 Å². The standard InChI is InChI=1S/C15H25N3O/c1-4-5-6-7-8-11(2)18-15(19)13-9-12(3)17-14(16)10-13/h9-11H,4-8H2,1-3H3,(H2,16,17)(H,18,19). The Labute approximate surface area is 115 Å². The van der Waals surface area contributed by atoms with E-state index in [9.17, 15) is 4.79 Å². The molecule has 1 aromatic heterocycles. The number of hydrogen-bond donors (Lipinski definition) is 2. The summed E-state index contributed by atoms with van der Waals surface area (Å²) in [6.45, 7) is 6.07. The van der Waals surface area contributed by atoms with Gasteiger partial charge in [-0.1, -0.05) is 32.6 Å². The predicted molar refractivity (Wildman–Crippen MR) is 79.1 cm³/mol. The summed E-state index contributed by atoms with van der Waals surface area (Å²) in [7, 11) is 0. The van der Waals surface area contributed by atoms with E-state index < -0.39 is 0 Å². The fraction of sp³-hybridized carbons (Fsp3) is 0.600. The molecule has 0 radical (unpaired) electrons. The van der Waals surface area contributed by atoms with Gasteiger partial charge in [0.25, 0.3) is 5.91 Å². The van der Waals surface area contributed by atoms with Crippen molar-refractivity contribution in [3.63, 3.8) is 0 Å². The Kier molecular flexibility index (Phi) is 6.33. The van der Waals surface area contributed by atoms with Crippen LogP contribution in [0.3, 0.4) is 0 Å². The first kappa shape index (κ1) is 15.5. The number of aryl methyl sites for hydroxylation is 1. The molecule has 0 fully saturated rings. The smallest absolute Gasteiger partial charge is 0.251 e. The van der Waals surface area contributed by atoms with Crippen LogP contribution in [0.4, 0.5) is 5.82 Å². The number of nitrogen functional groups attached to an aromatic ring is 1. The topological polar surface area (TPSA) is 68.0 Å². The maximum Gasteiger partial charge on any atom is 0.251 e. The normalized spacial score (nSPS) is 12.2. The summed E-state index contributed by atoms with van der Waals surface area (Å²) in [5.74, 6) is 0.320. The van der Waals surface area contributed by atoms with Crippen LogP contribution in [0.5, 0.6) is 0 Å². The lowest BCUT2D eigenvalue weighted by Crippen LogP contribution is -2.32. The van der Waals surface area contributed by atoms with Crippen molar-refractivity contribution in [2.24, 2.45) is 0 Å². The highest BCUT2D eigenvalue weighted by atomic mass is 16.1. The summed E-state index contributed by atoms with van der Waals surface area (Å²) >= 11 is 0. The first-order chi connectivity index (χ1) is 9.02. The van der Waals surface area contributed by atoms with Gasteiger partial charge in [0.05, 0.1) is 0 Å². The monoisotopic (exact) mass is 263 g/mol. The summed E-state index contributed by atoms with van der Waals surface area (Å²) in [4.78, 5) is 16.1. The molecule has 0 spiro atoms. The van der Waals surface area contributed by atoms with Crippen LogP contribution in [0, 0.1) is 6.92 Å². The van der Waals surface area contributed by atoms with E-state index in [1.54, 1.807) is 12.1 Å². The molecule has 4 heteroatoms. The number of pyridine rings is 1. The van der Waals surface area contributed by atoms with Gasteiger partial charge in [0.2, 0.25) is 0 Å². The SMILES string of the molecule is CCCCCCC(C)NC(=O)c1cc(C)nc(N)c1. The molecule has 0 aliphatic rings. The van der Waals surface area contributed by atoms with E-state index in [0.29, 0.717) is 11.4 Å². The summed E-state index contributed by atoms with van der Waals surface area (Å²) in [6, 6.07) is 3.57. The molecule has 0 aromatic carbocycles. The van der Waals surface area contributed by atoms with Gasteiger partial charge in [-0.15, -0.1) is 0 Å². The molecule has 1 amide bonds. The fourth-order valence-corrected chi connectivity index (χ4v) is 2.08. The number of hydrogen-bond acceptors (Lipinski definition) is 3. The zero-order chi connectivity index (χ0) is 14.3. The second-order valence-corrected chi connectivity index (χ2v) is 5.15. The summed E-state index contributed by atoms with van der Waals surface area (Å²) in [5.41, 5.74) is 7.00. The molecule has 0 bridgehead atoms. The zero-order valence-electron chi connectivity index (χ0n) is 12.2. The molecular formula is C15H25N3O. The number of anilines is 1. The number of amides is 1. The molecule has 3 N–H and O–H groups in total. The van der Waals surface area contributed by atoms with Crippen molar-refractivity contribution in [1.29, 1.82) is 0 Å². The van der Waals surface area contributed by atoms with Gasteiger partial charge in [-0.25, -0.2) is 4.98 Å². The van der Waals surface area contributed by atoms with Crippen LogP contribution in [0.25, 0.3) is 0 Å². The number of nitrogens with one attached hydrogen (secondary N) is 1. The maximum atomic E-state index is 12.1. The molecule has 4 nitrogen and oxygen atoms in total. The van der Waals surface area contributed by atoms with Gasteiger partial charge in [0, 0.05) is 17.3 Å². The molecule has 1 unspecified atom stereocenters. The lowest BCUT2D eigenvalue weighted by Gasteiger charge is -2.14. The lowest BCUT2D eigenvalue weighted by molar-refractivity contribution is 0.0937. The lowest BCUT2D eigenvalue weighted by atomic mass is 10.1. The van der Waals surface area contributed by atoms with Crippen LogP contribution >= 0.6 is 0 Å². The second-order valence-electron chi connectivity index (χ2n) is 5.15. The number of carbonyl (C=O) groups is 1. The quantitative estimate of drug-likeness (QED) is 0.743. The predicted octanol–water partition coefficient (Wildman–Crippen LogP) is 3.06. The minimum Gasteiger partial charge on any atom is -0.384 e. The largest absolute Gasteiger partial charge is 0.384 e. The fourth-order valence-electron chi connectivity index (χ4n) is 2.08.